The molecule has 0 aliphatic rings. The Bertz CT molecular complexity index is 1580. The zero-order chi connectivity index (χ0) is 24.4. The van der Waals surface area contributed by atoms with Gasteiger partial charge in [-0.1, -0.05) is 42.5 Å². The van der Waals surface area contributed by atoms with Crippen LogP contribution in [-0.2, 0) is 0 Å². The normalized spacial score (nSPS) is 11.4. The Balaban J connectivity index is 1.59. The van der Waals surface area contributed by atoms with Gasteiger partial charge in [0.05, 0.1) is 23.7 Å². The number of aromatic nitrogens is 3. The molecule has 2 heterocycles. The van der Waals surface area contributed by atoms with Crippen LogP contribution in [-0.4, -0.2) is 27.0 Å². The molecule has 0 unspecified atom stereocenters. The van der Waals surface area contributed by atoms with Crippen LogP contribution in [0.4, 0.5) is 0 Å². The van der Waals surface area contributed by atoms with Gasteiger partial charge in [0.1, 0.15) is 5.75 Å². The fraction of sp³-hybridized carbons (Fsp3) is 0.138. The van der Waals surface area contributed by atoms with E-state index in [4.69, 9.17) is 9.72 Å². The third kappa shape index (κ3) is 4.26. The molecule has 0 atom stereocenters. The minimum Gasteiger partial charge on any atom is -0.494 e. The number of fused-ring (bicyclic) bond motifs is 1. The molecule has 2 aromatic heterocycles. The van der Waals surface area contributed by atoms with Crippen molar-refractivity contribution in [3.8, 4) is 22.8 Å². The van der Waals surface area contributed by atoms with Crippen LogP contribution < -0.4 is 10.3 Å². The molecule has 6 nitrogen and oxygen atoms in total. The van der Waals surface area contributed by atoms with Crippen molar-refractivity contribution in [2.45, 2.75) is 20.8 Å². The molecule has 0 saturated carbocycles. The van der Waals surface area contributed by atoms with E-state index in [9.17, 15) is 4.79 Å². The number of aryl methyl sites for hydroxylation is 1. The van der Waals surface area contributed by atoms with Crippen LogP contribution in [0.2, 0.25) is 0 Å². The molecule has 6 heteroatoms. The summed E-state index contributed by atoms with van der Waals surface area (Å²) in [7, 11) is 0. The van der Waals surface area contributed by atoms with E-state index in [1.54, 1.807) is 12.3 Å². The lowest BCUT2D eigenvalue weighted by atomic mass is 10.2. The van der Waals surface area contributed by atoms with Crippen LogP contribution in [0.15, 0.2) is 94.8 Å². The summed E-state index contributed by atoms with van der Waals surface area (Å²) in [5, 5.41) is 5.16. The molecule has 0 N–H and O–H groups in total. The molecule has 0 spiro atoms. The van der Waals surface area contributed by atoms with Gasteiger partial charge in [-0.05, 0) is 63.2 Å². The van der Waals surface area contributed by atoms with Gasteiger partial charge < -0.3 is 9.30 Å². The van der Waals surface area contributed by atoms with Crippen molar-refractivity contribution in [1.29, 1.82) is 0 Å². The van der Waals surface area contributed by atoms with Crippen LogP contribution in [0.25, 0.3) is 28.0 Å². The molecule has 3 aromatic carbocycles. The van der Waals surface area contributed by atoms with Gasteiger partial charge in [-0.15, -0.1) is 0 Å². The molecule has 0 amide bonds. The molecule has 35 heavy (non-hydrogen) atoms. The van der Waals surface area contributed by atoms with Crippen LogP contribution in [0.5, 0.6) is 5.75 Å². The molecule has 0 saturated heterocycles. The highest BCUT2D eigenvalue weighted by molar-refractivity contribution is 5.83. The highest BCUT2D eigenvalue weighted by Gasteiger charge is 2.13. The van der Waals surface area contributed by atoms with Gasteiger partial charge in [-0.25, -0.2) is 4.98 Å². The molecule has 0 radical (unpaired) electrons. The Kier molecular flexibility index (Phi) is 6.02. The van der Waals surface area contributed by atoms with Gasteiger partial charge in [0.2, 0.25) is 0 Å². The largest absolute Gasteiger partial charge is 0.494 e. The van der Waals surface area contributed by atoms with Crippen LogP contribution in [0, 0.1) is 13.8 Å². The molecule has 0 aliphatic heterocycles. The monoisotopic (exact) mass is 462 g/mol. The Hall–Kier alpha value is -4.45. The summed E-state index contributed by atoms with van der Waals surface area (Å²) < 4.78 is 9.12. The minimum atomic E-state index is -0.203. The number of ether oxygens (including phenoxy) is 1. The molecular formula is C29H26N4O2. The van der Waals surface area contributed by atoms with E-state index in [0.29, 0.717) is 23.3 Å². The van der Waals surface area contributed by atoms with E-state index in [0.717, 1.165) is 34.0 Å². The first kappa shape index (κ1) is 22.3. The Morgan fingerprint density at radius 2 is 1.66 bits per heavy atom. The second-order valence-electron chi connectivity index (χ2n) is 8.27. The zero-order valence-corrected chi connectivity index (χ0v) is 20.0. The summed E-state index contributed by atoms with van der Waals surface area (Å²) in [5.74, 6) is 1.35. The van der Waals surface area contributed by atoms with Crippen molar-refractivity contribution >= 4 is 17.1 Å². The second-order valence-corrected chi connectivity index (χ2v) is 8.27. The molecule has 5 aromatic rings. The average Bonchev–Trinajstić information content (AvgIpc) is 3.17. The van der Waals surface area contributed by atoms with Gasteiger partial charge in [0.15, 0.2) is 5.82 Å². The van der Waals surface area contributed by atoms with E-state index < -0.39 is 0 Å². The number of hydrogen-bond donors (Lipinski definition) is 0. The SMILES string of the molecule is CCOc1ccc(-n2c(C)cc(C=Nn3c(-c4ccccc4)nc4ccccc4c3=O)c2C)cc1. The number of nitrogens with zero attached hydrogens (tertiary/aromatic N) is 4. The lowest BCUT2D eigenvalue weighted by Gasteiger charge is -2.11. The summed E-state index contributed by atoms with van der Waals surface area (Å²) in [6.45, 7) is 6.71. The smallest absolute Gasteiger partial charge is 0.282 e. The van der Waals surface area contributed by atoms with Crippen LogP contribution in [0.1, 0.15) is 23.9 Å². The van der Waals surface area contributed by atoms with E-state index in [-0.39, 0.29) is 5.56 Å². The van der Waals surface area contributed by atoms with E-state index in [2.05, 4.69) is 22.7 Å². The molecule has 0 fully saturated rings. The Morgan fingerprint density at radius 3 is 2.40 bits per heavy atom. The van der Waals surface area contributed by atoms with Crippen molar-refractivity contribution in [2.75, 3.05) is 6.61 Å². The lowest BCUT2D eigenvalue weighted by molar-refractivity contribution is 0.340. The summed E-state index contributed by atoms with van der Waals surface area (Å²) in [5.41, 5.74) is 5.33. The van der Waals surface area contributed by atoms with E-state index in [1.165, 1.54) is 4.68 Å². The van der Waals surface area contributed by atoms with Gasteiger partial charge in [0, 0.05) is 28.2 Å². The highest BCUT2D eigenvalue weighted by atomic mass is 16.5. The zero-order valence-electron chi connectivity index (χ0n) is 20.0. The first-order chi connectivity index (χ1) is 17.1. The summed E-state index contributed by atoms with van der Waals surface area (Å²) in [6.07, 6.45) is 1.73. The fourth-order valence-corrected chi connectivity index (χ4v) is 4.30. The minimum absolute atomic E-state index is 0.203. The number of hydrogen-bond acceptors (Lipinski definition) is 4. The summed E-state index contributed by atoms with van der Waals surface area (Å²) in [4.78, 5) is 18.2. The summed E-state index contributed by atoms with van der Waals surface area (Å²) in [6, 6.07) is 27.1. The first-order valence-electron chi connectivity index (χ1n) is 11.6. The van der Waals surface area contributed by atoms with Crippen molar-refractivity contribution in [2.24, 2.45) is 5.10 Å². The Labute approximate surface area is 203 Å². The van der Waals surface area contributed by atoms with Crippen molar-refractivity contribution in [1.82, 2.24) is 14.2 Å². The molecule has 5 rings (SSSR count). The second kappa shape index (κ2) is 9.43. The van der Waals surface area contributed by atoms with Gasteiger partial charge in [-0.2, -0.15) is 9.78 Å². The maximum atomic E-state index is 13.4. The predicted molar refractivity (Wildman–Crippen MR) is 141 cm³/mol. The molecule has 0 aliphatic carbocycles. The molecule has 0 bridgehead atoms. The van der Waals surface area contributed by atoms with Crippen LogP contribution >= 0.6 is 0 Å². The molecular weight excluding hydrogens is 436 g/mol. The summed E-state index contributed by atoms with van der Waals surface area (Å²) >= 11 is 0. The first-order valence-corrected chi connectivity index (χ1v) is 11.6. The predicted octanol–water partition coefficient (Wildman–Crippen LogP) is 5.75. The number of benzene rings is 3. The van der Waals surface area contributed by atoms with Crippen LogP contribution in [0.3, 0.4) is 0 Å². The standard InChI is InChI=1S/C29H26N4O2/c1-4-35-25-16-14-24(15-17-25)32-20(2)18-23(21(32)3)19-30-33-28(22-10-6-5-7-11-22)31-27-13-9-8-12-26(27)29(33)34/h5-19H,4H2,1-3H3. The fourth-order valence-electron chi connectivity index (χ4n) is 4.30. The van der Waals surface area contributed by atoms with Crippen molar-refractivity contribution in [3.05, 3.63) is 112 Å². The maximum Gasteiger partial charge on any atom is 0.282 e. The third-order valence-corrected chi connectivity index (χ3v) is 5.97. The van der Waals surface area contributed by atoms with Gasteiger partial charge >= 0.3 is 0 Å². The lowest BCUT2D eigenvalue weighted by Crippen LogP contribution is -2.20. The molecule has 174 valence electrons. The van der Waals surface area contributed by atoms with Crippen molar-refractivity contribution < 1.29 is 4.74 Å². The topological polar surface area (TPSA) is 61.4 Å². The van der Waals surface area contributed by atoms with Gasteiger partial charge in [-0.3, -0.25) is 4.79 Å². The number of para-hydroxylation sites is 1. The quantitative estimate of drug-likeness (QED) is 0.302. The third-order valence-electron chi connectivity index (χ3n) is 5.97. The maximum absolute atomic E-state index is 13.4. The Morgan fingerprint density at radius 1 is 0.943 bits per heavy atom. The average molecular weight is 463 g/mol. The van der Waals surface area contributed by atoms with Crippen molar-refractivity contribution in [3.63, 3.8) is 0 Å². The van der Waals surface area contributed by atoms with Gasteiger partial charge in [0.25, 0.3) is 5.56 Å². The van der Waals surface area contributed by atoms with E-state index in [1.807, 2.05) is 86.6 Å². The highest BCUT2D eigenvalue weighted by Crippen LogP contribution is 2.23. The van der Waals surface area contributed by atoms with E-state index >= 15 is 0 Å². The number of rotatable bonds is 6.